The number of phenolic OH excluding ortho intramolecular Hbond substituents is 1. The molecule has 1 amide bonds. The maximum absolute atomic E-state index is 13.3. The Hall–Kier alpha value is -2.49. The van der Waals surface area contributed by atoms with Crippen LogP contribution in [0.5, 0.6) is 5.75 Å². The second kappa shape index (κ2) is 8.57. The highest BCUT2D eigenvalue weighted by Gasteiger charge is 2.36. The molecule has 2 aliphatic rings. The van der Waals surface area contributed by atoms with E-state index in [-0.39, 0.29) is 28.7 Å². The molecule has 2 N–H and O–H groups in total. The summed E-state index contributed by atoms with van der Waals surface area (Å²) in [6.45, 7) is 0. The first kappa shape index (κ1) is 20.4. The number of aromatic hydroxyl groups is 1. The summed E-state index contributed by atoms with van der Waals surface area (Å²) >= 11 is 6.45. The van der Waals surface area contributed by atoms with E-state index in [1.54, 1.807) is 30.0 Å². The number of hydrogen-bond donors (Lipinski definition) is 2. The van der Waals surface area contributed by atoms with Crippen molar-refractivity contribution in [2.45, 2.75) is 21.3 Å². The van der Waals surface area contributed by atoms with Crippen molar-refractivity contribution < 1.29 is 9.90 Å². The summed E-state index contributed by atoms with van der Waals surface area (Å²) in [5.41, 5.74) is 1.48. The predicted molar refractivity (Wildman–Crippen MR) is 128 cm³/mol. The van der Waals surface area contributed by atoms with Crippen LogP contribution in [0.1, 0.15) is 0 Å². The summed E-state index contributed by atoms with van der Waals surface area (Å²) in [6, 6.07) is 13.1. The number of carbonyl (C=O) groups is 1. The molecule has 0 unspecified atom stereocenters. The van der Waals surface area contributed by atoms with E-state index in [4.69, 9.17) is 0 Å². The van der Waals surface area contributed by atoms with E-state index in [1.807, 2.05) is 35.3 Å². The van der Waals surface area contributed by atoms with Crippen molar-refractivity contribution in [2.24, 2.45) is 0 Å². The fourth-order valence-corrected chi connectivity index (χ4v) is 5.88. The SMILES string of the molecule is O=C(CSc1n[nH]c(-c2cc(Br)ccc2O)n1)N1c2ccccc2S[C@H]2C=CC=C[C@@H]21. The molecule has 9 heteroatoms. The highest BCUT2D eigenvalue weighted by molar-refractivity contribution is 9.10. The molecule has 1 aliphatic heterocycles. The Morgan fingerprint density at radius 2 is 2.06 bits per heavy atom. The van der Waals surface area contributed by atoms with Crippen LogP contribution in [0.2, 0.25) is 0 Å². The number of thioether (sulfide) groups is 2. The molecule has 0 bridgehead atoms. The fourth-order valence-electron chi connectivity index (χ4n) is 3.61. The van der Waals surface area contributed by atoms with E-state index in [2.05, 4.69) is 49.3 Å². The summed E-state index contributed by atoms with van der Waals surface area (Å²) < 4.78 is 0.826. The molecule has 156 valence electrons. The van der Waals surface area contributed by atoms with Crippen molar-refractivity contribution in [3.05, 3.63) is 71.2 Å². The zero-order valence-corrected chi connectivity index (χ0v) is 19.3. The van der Waals surface area contributed by atoms with Crippen LogP contribution in [-0.2, 0) is 4.79 Å². The number of benzene rings is 2. The van der Waals surface area contributed by atoms with Crippen LogP contribution < -0.4 is 4.90 Å². The van der Waals surface area contributed by atoms with Gasteiger partial charge in [-0.3, -0.25) is 9.89 Å². The van der Waals surface area contributed by atoms with Crippen molar-refractivity contribution >= 4 is 51.0 Å². The fraction of sp³-hybridized carbons (Fsp3) is 0.136. The number of hydrogen-bond acceptors (Lipinski definition) is 6. The molecule has 0 saturated carbocycles. The van der Waals surface area contributed by atoms with Crippen LogP contribution in [0, 0.1) is 0 Å². The first-order valence-corrected chi connectivity index (χ1v) is 12.2. The molecule has 31 heavy (non-hydrogen) atoms. The van der Waals surface area contributed by atoms with E-state index < -0.39 is 0 Å². The van der Waals surface area contributed by atoms with Crippen LogP contribution in [0.3, 0.4) is 0 Å². The Labute approximate surface area is 196 Å². The Morgan fingerprint density at radius 3 is 2.97 bits per heavy atom. The Bertz CT molecular complexity index is 1210. The molecule has 2 aromatic carbocycles. The maximum atomic E-state index is 13.3. The van der Waals surface area contributed by atoms with Crippen molar-refractivity contribution in [3.63, 3.8) is 0 Å². The second-order valence-electron chi connectivity index (χ2n) is 6.99. The minimum atomic E-state index is -0.0145. The van der Waals surface area contributed by atoms with Gasteiger partial charge in [-0.1, -0.05) is 64.1 Å². The van der Waals surface area contributed by atoms with Gasteiger partial charge in [-0.25, -0.2) is 4.98 Å². The van der Waals surface area contributed by atoms with Gasteiger partial charge in [0.2, 0.25) is 11.1 Å². The summed E-state index contributed by atoms with van der Waals surface area (Å²) in [6.07, 6.45) is 8.25. The number of halogens is 1. The van der Waals surface area contributed by atoms with Crippen molar-refractivity contribution in [2.75, 3.05) is 10.7 Å². The maximum Gasteiger partial charge on any atom is 0.238 e. The lowest BCUT2D eigenvalue weighted by Gasteiger charge is -2.40. The van der Waals surface area contributed by atoms with Gasteiger partial charge < -0.3 is 10.0 Å². The third-order valence-corrected chi connectivity index (χ3v) is 7.65. The number of amides is 1. The molecule has 0 radical (unpaired) electrons. The molecule has 1 aromatic heterocycles. The number of nitrogens with zero attached hydrogens (tertiary/aromatic N) is 3. The lowest BCUT2D eigenvalue weighted by atomic mass is 10.0. The van der Waals surface area contributed by atoms with Crippen molar-refractivity contribution in [1.29, 1.82) is 0 Å². The first-order valence-electron chi connectivity index (χ1n) is 9.57. The summed E-state index contributed by atoms with van der Waals surface area (Å²) in [7, 11) is 0. The zero-order valence-electron chi connectivity index (χ0n) is 16.1. The van der Waals surface area contributed by atoms with E-state index in [9.17, 15) is 9.90 Å². The number of rotatable bonds is 4. The molecule has 3 aromatic rings. The molecule has 2 heterocycles. The number of aromatic amines is 1. The topological polar surface area (TPSA) is 82.1 Å². The number of carbonyl (C=O) groups excluding carboxylic acids is 1. The van der Waals surface area contributed by atoms with Gasteiger partial charge in [-0.05, 0) is 30.3 Å². The monoisotopic (exact) mass is 512 g/mol. The van der Waals surface area contributed by atoms with Crippen LogP contribution >= 0.6 is 39.5 Å². The third-order valence-electron chi connectivity index (χ3n) is 5.01. The van der Waals surface area contributed by atoms with Gasteiger partial charge in [0.15, 0.2) is 5.82 Å². The number of aromatic nitrogens is 3. The normalized spacial score (nSPS) is 19.2. The lowest BCUT2D eigenvalue weighted by molar-refractivity contribution is -0.116. The smallest absolute Gasteiger partial charge is 0.238 e. The van der Waals surface area contributed by atoms with Crippen molar-refractivity contribution in [3.8, 4) is 17.1 Å². The largest absolute Gasteiger partial charge is 0.507 e. The van der Waals surface area contributed by atoms with E-state index in [0.717, 1.165) is 15.1 Å². The molecule has 6 nitrogen and oxygen atoms in total. The van der Waals surface area contributed by atoms with Crippen LogP contribution in [-0.4, -0.2) is 43.2 Å². The number of para-hydroxylation sites is 1. The number of fused-ring (bicyclic) bond motifs is 2. The average Bonchev–Trinajstić information content (AvgIpc) is 3.26. The van der Waals surface area contributed by atoms with Gasteiger partial charge in [-0.15, -0.1) is 16.9 Å². The Morgan fingerprint density at radius 1 is 1.23 bits per heavy atom. The molecular weight excluding hydrogens is 496 g/mol. The number of nitrogens with one attached hydrogen (secondary N) is 1. The Kier molecular flexibility index (Phi) is 5.64. The van der Waals surface area contributed by atoms with Gasteiger partial charge in [0.25, 0.3) is 0 Å². The minimum Gasteiger partial charge on any atom is -0.507 e. The molecular formula is C22H17BrN4O2S2. The lowest BCUT2D eigenvalue weighted by Crippen LogP contribution is -2.48. The first-order chi connectivity index (χ1) is 15.1. The van der Waals surface area contributed by atoms with Gasteiger partial charge in [-0.2, -0.15) is 0 Å². The van der Waals surface area contributed by atoms with E-state index >= 15 is 0 Å². The Balaban J connectivity index is 1.35. The number of anilines is 1. The number of allylic oxidation sites excluding steroid dienone is 2. The second-order valence-corrected chi connectivity index (χ2v) is 10.1. The quantitative estimate of drug-likeness (QED) is 0.476. The van der Waals surface area contributed by atoms with E-state index in [0.29, 0.717) is 16.5 Å². The zero-order chi connectivity index (χ0) is 21.4. The minimum absolute atomic E-state index is 0.00403. The average molecular weight is 513 g/mol. The van der Waals surface area contributed by atoms with Gasteiger partial charge in [0.05, 0.1) is 28.3 Å². The molecule has 0 spiro atoms. The van der Waals surface area contributed by atoms with E-state index in [1.165, 1.54) is 11.8 Å². The standard InChI is InChI=1S/C22H17BrN4O2S2/c23-13-9-10-17(28)14(11-13)21-24-22(26-25-21)30-12-20(29)27-15-5-1-3-7-18(15)31-19-8-4-2-6-16(19)27/h1-11,15,18,28H,12H2,(H,24,25,26)/t15-,18-/m0/s1. The van der Waals surface area contributed by atoms with Crippen LogP contribution in [0.15, 0.2) is 81.3 Å². The predicted octanol–water partition coefficient (Wildman–Crippen LogP) is 5.03. The summed E-state index contributed by atoms with van der Waals surface area (Å²) in [5, 5.41) is 17.8. The van der Waals surface area contributed by atoms with Gasteiger partial charge >= 0.3 is 0 Å². The van der Waals surface area contributed by atoms with Crippen molar-refractivity contribution in [1.82, 2.24) is 15.2 Å². The van der Waals surface area contributed by atoms with Crippen LogP contribution in [0.4, 0.5) is 5.69 Å². The molecule has 0 fully saturated rings. The number of phenols is 1. The highest BCUT2D eigenvalue weighted by atomic mass is 79.9. The third kappa shape index (κ3) is 4.05. The molecule has 5 rings (SSSR count). The van der Waals surface area contributed by atoms with Crippen LogP contribution in [0.25, 0.3) is 11.4 Å². The van der Waals surface area contributed by atoms with Gasteiger partial charge in [0.1, 0.15) is 5.75 Å². The molecule has 0 saturated heterocycles. The summed E-state index contributed by atoms with van der Waals surface area (Å²) in [4.78, 5) is 20.7. The molecule has 1 aliphatic carbocycles. The summed E-state index contributed by atoms with van der Waals surface area (Å²) in [5.74, 6) is 0.775. The number of H-pyrrole nitrogens is 1. The van der Waals surface area contributed by atoms with Gasteiger partial charge in [0, 0.05) is 9.37 Å². The molecule has 2 atom stereocenters. The highest BCUT2D eigenvalue weighted by Crippen LogP contribution is 2.43.